The summed E-state index contributed by atoms with van der Waals surface area (Å²) in [7, 11) is 1.22. The first-order valence-corrected chi connectivity index (χ1v) is 6.31. The maximum atomic E-state index is 11.6. The number of esters is 2. The number of nitrogens with one attached hydrogen (secondary N) is 1. The quantitative estimate of drug-likeness (QED) is 0.697. The second-order valence-electron chi connectivity index (χ2n) is 5.03. The molecule has 19 heavy (non-hydrogen) atoms. The molecule has 0 spiro atoms. The van der Waals surface area contributed by atoms with E-state index in [0.717, 1.165) is 0 Å². The summed E-state index contributed by atoms with van der Waals surface area (Å²) in [5.41, 5.74) is 0. The third-order valence-corrected chi connectivity index (χ3v) is 2.28. The second-order valence-corrected chi connectivity index (χ2v) is 5.03. The van der Waals surface area contributed by atoms with Gasteiger partial charge in [0, 0.05) is 6.42 Å². The number of hydrogen-bond acceptors (Lipinski definition) is 5. The molecular formula is C13H23NO5. The molecule has 1 amide bonds. The molecule has 0 aliphatic heterocycles. The van der Waals surface area contributed by atoms with Crippen LogP contribution in [0.25, 0.3) is 0 Å². The highest BCUT2D eigenvalue weighted by Crippen LogP contribution is 2.02. The highest BCUT2D eigenvalue weighted by Gasteiger charge is 2.24. The molecule has 0 heterocycles. The molecule has 0 aromatic heterocycles. The number of rotatable bonds is 7. The Morgan fingerprint density at radius 2 is 1.63 bits per heavy atom. The van der Waals surface area contributed by atoms with Crippen molar-refractivity contribution in [1.82, 2.24) is 5.32 Å². The fourth-order valence-corrected chi connectivity index (χ4v) is 1.27. The zero-order valence-electron chi connectivity index (χ0n) is 12.2. The lowest BCUT2D eigenvalue weighted by atomic mass is 10.1. The first kappa shape index (κ1) is 17.4. The average molecular weight is 273 g/mol. The molecule has 6 heteroatoms. The lowest BCUT2D eigenvalue weighted by Crippen LogP contribution is -2.45. The Labute approximate surface area is 113 Å². The van der Waals surface area contributed by atoms with Crippen molar-refractivity contribution in [3.8, 4) is 0 Å². The zero-order chi connectivity index (χ0) is 15.0. The number of carbonyl (C=O) groups is 3. The first-order chi connectivity index (χ1) is 8.77. The molecule has 1 N–H and O–H groups in total. The van der Waals surface area contributed by atoms with Gasteiger partial charge in [0.2, 0.25) is 5.91 Å². The third kappa shape index (κ3) is 7.43. The van der Waals surface area contributed by atoms with Crippen LogP contribution in [0.3, 0.4) is 0 Å². The van der Waals surface area contributed by atoms with Gasteiger partial charge in [-0.1, -0.05) is 27.7 Å². The summed E-state index contributed by atoms with van der Waals surface area (Å²) >= 11 is 0. The van der Waals surface area contributed by atoms with E-state index >= 15 is 0 Å². The van der Waals surface area contributed by atoms with Gasteiger partial charge in [-0.3, -0.25) is 9.59 Å². The molecule has 0 aliphatic rings. The van der Waals surface area contributed by atoms with E-state index in [0.29, 0.717) is 6.42 Å². The summed E-state index contributed by atoms with van der Waals surface area (Å²) in [6.07, 6.45) is 0.297. The van der Waals surface area contributed by atoms with Crippen LogP contribution in [-0.2, 0) is 23.9 Å². The molecule has 0 unspecified atom stereocenters. The van der Waals surface area contributed by atoms with Crippen molar-refractivity contribution in [1.29, 1.82) is 0 Å². The summed E-state index contributed by atoms with van der Waals surface area (Å²) in [6.45, 7) is 6.95. The fourth-order valence-electron chi connectivity index (χ4n) is 1.27. The van der Waals surface area contributed by atoms with Gasteiger partial charge in [0.15, 0.2) is 6.04 Å². The van der Waals surface area contributed by atoms with E-state index in [2.05, 4.69) is 10.1 Å². The van der Waals surface area contributed by atoms with Gasteiger partial charge in [-0.05, 0) is 5.92 Å². The maximum absolute atomic E-state index is 11.6. The summed E-state index contributed by atoms with van der Waals surface area (Å²) in [5.74, 6) is -1.44. The van der Waals surface area contributed by atoms with Crippen molar-refractivity contribution < 1.29 is 23.9 Å². The molecule has 0 radical (unpaired) electrons. The van der Waals surface area contributed by atoms with E-state index in [-0.39, 0.29) is 24.3 Å². The largest absolute Gasteiger partial charge is 0.467 e. The minimum atomic E-state index is -0.959. The highest BCUT2D eigenvalue weighted by atomic mass is 16.5. The minimum Gasteiger partial charge on any atom is -0.467 e. The topological polar surface area (TPSA) is 81.7 Å². The number of ether oxygens (including phenoxy) is 2. The Hall–Kier alpha value is -1.59. The van der Waals surface area contributed by atoms with Gasteiger partial charge >= 0.3 is 11.9 Å². The van der Waals surface area contributed by atoms with E-state index in [9.17, 15) is 14.4 Å². The SMILES string of the molecule is COC(=O)[C@H](COC(=O)C(C)C)NC(=O)CC(C)C. The third-order valence-electron chi connectivity index (χ3n) is 2.28. The van der Waals surface area contributed by atoms with Gasteiger partial charge in [-0.15, -0.1) is 0 Å². The summed E-state index contributed by atoms with van der Waals surface area (Å²) in [6, 6.07) is -0.959. The van der Waals surface area contributed by atoms with Gasteiger partial charge < -0.3 is 14.8 Å². The lowest BCUT2D eigenvalue weighted by molar-refractivity contribution is -0.154. The predicted molar refractivity (Wildman–Crippen MR) is 69.2 cm³/mol. The predicted octanol–water partition coefficient (Wildman–Crippen LogP) is 0.889. The van der Waals surface area contributed by atoms with Crippen LogP contribution in [0.4, 0.5) is 0 Å². The Balaban J connectivity index is 4.44. The molecule has 110 valence electrons. The van der Waals surface area contributed by atoms with Gasteiger partial charge in [0.05, 0.1) is 13.0 Å². The van der Waals surface area contributed by atoms with Crippen molar-refractivity contribution in [2.45, 2.75) is 40.2 Å². The second kappa shape index (κ2) is 8.50. The van der Waals surface area contributed by atoms with Crippen LogP contribution >= 0.6 is 0 Å². The molecule has 0 saturated heterocycles. The lowest BCUT2D eigenvalue weighted by Gasteiger charge is -2.17. The smallest absolute Gasteiger partial charge is 0.331 e. The van der Waals surface area contributed by atoms with Crippen molar-refractivity contribution in [2.24, 2.45) is 11.8 Å². The van der Waals surface area contributed by atoms with Crippen LogP contribution in [0, 0.1) is 11.8 Å². The molecule has 1 atom stereocenters. The molecule has 0 bridgehead atoms. The summed E-state index contributed by atoms with van der Waals surface area (Å²) in [5, 5.41) is 2.50. The molecule has 6 nitrogen and oxygen atoms in total. The fraction of sp³-hybridized carbons (Fsp3) is 0.769. The molecule has 0 saturated carbocycles. The molecule has 0 aromatic carbocycles. The van der Waals surface area contributed by atoms with Gasteiger partial charge in [-0.25, -0.2) is 4.79 Å². The van der Waals surface area contributed by atoms with Crippen LogP contribution in [-0.4, -0.2) is 37.6 Å². The zero-order valence-corrected chi connectivity index (χ0v) is 12.2. The van der Waals surface area contributed by atoms with Crippen LogP contribution in [0.15, 0.2) is 0 Å². The molecule has 0 aromatic rings. The molecule has 0 aliphatic carbocycles. The molecule has 0 fully saturated rings. The number of methoxy groups -OCH3 is 1. The van der Waals surface area contributed by atoms with E-state index in [4.69, 9.17) is 4.74 Å². The summed E-state index contributed by atoms with van der Waals surface area (Å²) in [4.78, 5) is 34.4. The van der Waals surface area contributed by atoms with Gasteiger partial charge in [0.1, 0.15) is 6.61 Å². The van der Waals surface area contributed by atoms with Gasteiger partial charge in [0.25, 0.3) is 0 Å². The van der Waals surface area contributed by atoms with Gasteiger partial charge in [-0.2, -0.15) is 0 Å². The standard InChI is InChI=1S/C13H23NO5/c1-8(2)6-11(15)14-10(13(17)18-5)7-19-12(16)9(3)4/h8-10H,6-7H2,1-5H3,(H,14,15)/t10-/m0/s1. The monoisotopic (exact) mass is 273 g/mol. The van der Waals surface area contributed by atoms with Crippen molar-refractivity contribution >= 4 is 17.8 Å². The first-order valence-electron chi connectivity index (χ1n) is 6.31. The van der Waals surface area contributed by atoms with Crippen LogP contribution in [0.2, 0.25) is 0 Å². The van der Waals surface area contributed by atoms with E-state index < -0.39 is 18.0 Å². The van der Waals surface area contributed by atoms with E-state index in [1.165, 1.54) is 7.11 Å². The Morgan fingerprint density at radius 3 is 2.05 bits per heavy atom. The number of carbonyl (C=O) groups excluding carboxylic acids is 3. The number of amides is 1. The Morgan fingerprint density at radius 1 is 1.05 bits per heavy atom. The van der Waals surface area contributed by atoms with Crippen LogP contribution in [0.5, 0.6) is 0 Å². The Bertz CT molecular complexity index is 325. The van der Waals surface area contributed by atoms with E-state index in [1.807, 2.05) is 13.8 Å². The van der Waals surface area contributed by atoms with Crippen molar-refractivity contribution in [3.05, 3.63) is 0 Å². The maximum Gasteiger partial charge on any atom is 0.331 e. The van der Waals surface area contributed by atoms with Crippen molar-refractivity contribution in [2.75, 3.05) is 13.7 Å². The minimum absolute atomic E-state index is 0.177. The highest BCUT2D eigenvalue weighted by molar-refractivity contribution is 5.84. The summed E-state index contributed by atoms with van der Waals surface area (Å²) < 4.78 is 9.51. The van der Waals surface area contributed by atoms with Crippen LogP contribution in [0.1, 0.15) is 34.1 Å². The molecular weight excluding hydrogens is 250 g/mol. The average Bonchev–Trinajstić information content (AvgIpc) is 2.31. The van der Waals surface area contributed by atoms with Crippen molar-refractivity contribution in [3.63, 3.8) is 0 Å². The normalized spacial score (nSPS) is 12.2. The van der Waals surface area contributed by atoms with Crippen LogP contribution < -0.4 is 5.32 Å². The molecule has 0 rings (SSSR count). The number of hydrogen-bond donors (Lipinski definition) is 1. The Kier molecular flexibility index (Phi) is 7.79. The van der Waals surface area contributed by atoms with E-state index in [1.54, 1.807) is 13.8 Å².